The van der Waals surface area contributed by atoms with E-state index in [1.54, 1.807) is 30.3 Å². The van der Waals surface area contributed by atoms with Crippen LogP contribution in [0.5, 0.6) is 0 Å². The molecule has 0 aliphatic heterocycles. The van der Waals surface area contributed by atoms with Crippen LogP contribution in [-0.2, 0) is 19.5 Å². The number of halogens is 1. The summed E-state index contributed by atoms with van der Waals surface area (Å²) in [5.74, 6) is 0. The zero-order valence-electron chi connectivity index (χ0n) is 11.7. The Morgan fingerprint density at radius 1 is 1.10 bits per heavy atom. The fraction of sp³-hybridized carbons (Fsp3) is 0.286. The van der Waals surface area contributed by atoms with Gasteiger partial charge in [-0.2, -0.15) is 0 Å². The lowest BCUT2D eigenvalue weighted by molar-refractivity contribution is -0.0960. The molecule has 0 fully saturated rings. The second-order valence-electron chi connectivity index (χ2n) is 4.41. The Morgan fingerprint density at radius 2 is 1.71 bits per heavy atom. The second kappa shape index (κ2) is 6.72. The van der Waals surface area contributed by atoms with Gasteiger partial charge in [0.25, 0.3) is 0 Å². The van der Waals surface area contributed by atoms with Gasteiger partial charge in [-0.05, 0) is 35.0 Å². The first kappa shape index (κ1) is 16.2. The van der Waals surface area contributed by atoms with Gasteiger partial charge in [-0.15, -0.1) is 0 Å². The third-order valence-electron chi connectivity index (χ3n) is 3.05. The molecule has 21 heavy (non-hydrogen) atoms. The van der Waals surface area contributed by atoms with Crippen molar-refractivity contribution < 1.29 is 17.9 Å². The number of hydrogen-bond donors (Lipinski definition) is 1. The maximum Gasteiger partial charge on any atom is 0.240 e. The molecule has 0 bridgehead atoms. The molecule has 1 N–H and O–H groups in total. The van der Waals surface area contributed by atoms with Crippen molar-refractivity contribution in [2.45, 2.75) is 11.2 Å². The number of methoxy groups -OCH3 is 2. The van der Waals surface area contributed by atoms with Gasteiger partial charge in [-0.3, -0.25) is 0 Å². The molecule has 7 heteroatoms. The monoisotopic (exact) mass is 329 g/mol. The SMILES string of the molecule is COC(CNS(=O)(=O)c1ccc2cc(Cl)ccc2c1)OC. The second-order valence-corrected chi connectivity index (χ2v) is 6.61. The highest BCUT2D eigenvalue weighted by Gasteiger charge is 2.16. The molecule has 114 valence electrons. The first-order valence-corrected chi connectivity index (χ1v) is 8.07. The minimum Gasteiger partial charge on any atom is -0.355 e. The van der Waals surface area contributed by atoms with Crippen LogP contribution in [0.1, 0.15) is 0 Å². The third kappa shape index (κ3) is 3.93. The summed E-state index contributed by atoms with van der Waals surface area (Å²) < 4.78 is 36.8. The smallest absolute Gasteiger partial charge is 0.240 e. The van der Waals surface area contributed by atoms with Crippen LogP contribution in [0.3, 0.4) is 0 Å². The van der Waals surface area contributed by atoms with Gasteiger partial charge in [0.15, 0.2) is 6.29 Å². The quantitative estimate of drug-likeness (QED) is 0.826. The van der Waals surface area contributed by atoms with E-state index in [0.29, 0.717) is 5.02 Å². The Labute approximate surface area is 128 Å². The Hall–Kier alpha value is -1.18. The molecule has 0 spiro atoms. The van der Waals surface area contributed by atoms with E-state index in [2.05, 4.69) is 4.72 Å². The lowest BCUT2D eigenvalue weighted by Gasteiger charge is -2.14. The van der Waals surface area contributed by atoms with Crippen LogP contribution in [0.2, 0.25) is 5.02 Å². The van der Waals surface area contributed by atoms with Crippen molar-refractivity contribution >= 4 is 32.4 Å². The van der Waals surface area contributed by atoms with Gasteiger partial charge in [0.2, 0.25) is 10.0 Å². The number of rotatable bonds is 6. The van der Waals surface area contributed by atoms with E-state index in [0.717, 1.165) is 10.8 Å². The van der Waals surface area contributed by atoms with E-state index >= 15 is 0 Å². The minimum absolute atomic E-state index is 0.0357. The molecule has 2 aromatic carbocycles. The van der Waals surface area contributed by atoms with Crippen molar-refractivity contribution in [2.24, 2.45) is 0 Å². The highest BCUT2D eigenvalue weighted by atomic mass is 35.5. The predicted molar refractivity (Wildman–Crippen MR) is 82.0 cm³/mol. The van der Waals surface area contributed by atoms with Crippen molar-refractivity contribution in [1.82, 2.24) is 4.72 Å². The highest BCUT2D eigenvalue weighted by molar-refractivity contribution is 7.89. The molecular weight excluding hydrogens is 314 g/mol. The zero-order chi connectivity index (χ0) is 15.5. The molecule has 0 aromatic heterocycles. The van der Waals surface area contributed by atoms with Gasteiger partial charge >= 0.3 is 0 Å². The van der Waals surface area contributed by atoms with Crippen molar-refractivity contribution in [2.75, 3.05) is 20.8 Å². The molecule has 0 radical (unpaired) electrons. The molecule has 0 heterocycles. The van der Waals surface area contributed by atoms with E-state index in [4.69, 9.17) is 21.1 Å². The lowest BCUT2D eigenvalue weighted by atomic mass is 10.1. The Morgan fingerprint density at radius 3 is 2.38 bits per heavy atom. The fourth-order valence-electron chi connectivity index (χ4n) is 1.89. The fourth-order valence-corrected chi connectivity index (χ4v) is 3.12. The van der Waals surface area contributed by atoms with Gasteiger partial charge in [-0.1, -0.05) is 23.7 Å². The molecule has 0 atom stereocenters. The largest absolute Gasteiger partial charge is 0.355 e. The Balaban J connectivity index is 2.25. The van der Waals surface area contributed by atoms with Crippen LogP contribution in [-0.4, -0.2) is 35.5 Å². The van der Waals surface area contributed by atoms with E-state index in [-0.39, 0.29) is 11.4 Å². The van der Waals surface area contributed by atoms with Crippen LogP contribution in [0.15, 0.2) is 41.3 Å². The highest BCUT2D eigenvalue weighted by Crippen LogP contribution is 2.22. The Kier molecular flexibility index (Phi) is 5.18. The molecule has 0 unspecified atom stereocenters. The van der Waals surface area contributed by atoms with Crippen LogP contribution in [0.25, 0.3) is 10.8 Å². The molecule has 0 aliphatic rings. The predicted octanol–water partition coefficient (Wildman–Crippen LogP) is 2.39. The average molecular weight is 330 g/mol. The maximum atomic E-state index is 12.2. The van der Waals surface area contributed by atoms with Gasteiger partial charge in [0.1, 0.15) is 0 Å². The van der Waals surface area contributed by atoms with Gasteiger partial charge in [0, 0.05) is 19.2 Å². The van der Waals surface area contributed by atoms with Gasteiger partial charge in [0.05, 0.1) is 11.4 Å². The van der Waals surface area contributed by atoms with E-state index in [1.807, 2.05) is 0 Å². The van der Waals surface area contributed by atoms with Crippen LogP contribution in [0.4, 0.5) is 0 Å². The summed E-state index contributed by atoms with van der Waals surface area (Å²) >= 11 is 5.91. The van der Waals surface area contributed by atoms with Gasteiger partial charge < -0.3 is 9.47 Å². The number of benzene rings is 2. The summed E-state index contributed by atoms with van der Waals surface area (Å²) in [6.07, 6.45) is -0.626. The lowest BCUT2D eigenvalue weighted by Crippen LogP contribution is -2.34. The molecule has 5 nitrogen and oxygen atoms in total. The van der Waals surface area contributed by atoms with Gasteiger partial charge in [-0.25, -0.2) is 13.1 Å². The number of sulfonamides is 1. The van der Waals surface area contributed by atoms with Crippen LogP contribution >= 0.6 is 11.6 Å². The van der Waals surface area contributed by atoms with E-state index < -0.39 is 16.3 Å². The molecule has 0 saturated heterocycles. The minimum atomic E-state index is -3.62. The van der Waals surface area contributed by atoms with Crippen molar-refractivity contribution in [3.8, 4) is 0 Å². The summed E-state index contributed by atoms with van der Waals surface area (Å²) in [6, 6.07) is 10.1. The van der Waals surface area contributed by atoms with Crippen molar-refractivity contribution in [1.29, 1.82) is 0 Å². The molecule has 2 aromatic rings. The molecule has 0 aliphatic carbocycles. The number of fused-ring (bicyclic) bond motifs is 1. The first-order chi connectivity index (χ1) is 9.96. The van der Waals surface area contributed by atoms with Crippen LogP contribution < -0.4 is 4.72 Å². The van der Waals surface area contributed by atoms with Crippen molar-refractivity contribution in [3.05, 3.63) is 41.4 Å². The van der Waals surface area contributed by atoms with Crippen LogP contribution in [0, 0.1) is 0 Å². The topological polar surface area (TPSA) is 64.6 Å². The summed E-state index contributed by atoms with van der Waals surface area (Å²) in [4.78, 5) is 0.184. The molecule has 2 rings (SSSR count). The average Bonchev–Trinajstić information content (AvgIpc) is 2.47. The summed E-state index contributed by atoms with van der Waals surface area (Å²) in [5, 5.41) is 2.30. The van der Waals surface area contributed by atoms with Crippen molar-refractivity contribution in [3.63, 3.8) is 0 Å². The summed E-state index contributed by atoms with van der Waals surface area (Å²) in [7, 11) is -0.727. The Bertz CT molecular complexity index is 729. The summed E-state index contributed by atoms with van der Waals surface area (Å²) in [6.45, 7) is 0.0357. The number of nitrogens with one attached hydrogen (secondary N) is 1. The number of hydrogen-bond acceptors (Lipinski definition) is 4. The third-order valence-corrected chi connectivity index (χ3v) is 4.71. The normalized spacial score (nSPS) is 12.2. The first-order valence-electron chi connectivity index (χ1n) is 6.21. The molecular formula is C14H16ClNO4S. The zero-order valence-corrected chi connectivity index (χ0v) is 13.2. The van der Waals surface area contributed by atoms with E-state index in [9.17, 15) is 8.42 Å². The standard InChI is InChI=1S/C14H16ClNO4S/c1-19-14(20-2)9-16-21(17,18)13-6-4-10-7-12(15)5-3-11(10)8-13/h3-8,14,16H,9H2,1-2H3. The molecule has 0 amide bonds. The maximum absolute atomic E-state index is 12.2. The number of ether oxygens (including phenoxy) is 2. The summed E-state index contributed by atoms with van der Waals surface area (Å²) in [5.41, 5.74) is 0. The van der Waals surface area contributed by atoms with E-state index in [1.165, 1.54) is 20.3 Å². The molecule has 0 saturated carbocycles.